The van der Waals surface area contributed by atoms with Crippen LogP contribution in [0.15, 0.2) is 146 Å². The summed E-state index contributed by atoms with van der Waals surface area (Å²) in [6.45, 7) is 0. The molecule has 46 heavy (non-hydrogen) atoms. The molecule has 6 aromatic carbocycles. The van der Waals surface area contributed by atoms with Crippen molar-refractivity contribution >= 4 is 11.6 Å². The Morgan fingerprint density at radius 2 is 0.587 bits per heavy atom. The third-order valence-corrected chi connectivity index (χ3v) is 7.07. The fourth-order valence-electron chi connectivity index (χ4n) is 4.60. The molecule has 0 aliphatic carbocycles. The molecule has 0 saturated heterocycles. The molecule has 0 aliphatic heterocycles. The van der Waals surface area contributed by atoms with Crippen LogP contribution in [0, 0.1) is 0 Å². The lowest BCUT2D eigenvalue weighted by molar-refractivity contribution is 0.103. The van der Waals surface area contributed by atoms with Gasteiger partial charge in [-0.15, -0.1) is 0 Å². The number of ketones is 2. The van der Waals surface area contributed by atoms with E-state index in [4.69, 9.17) is 18.9 Å². The van der Waals surface area contributed by atoms with Gasteiger partial charge in [-0.3, -0.25) is 9.59 Å². The Morgan fingerprint density at radius 1 is 0.370 bits per heavy atom. The lowest BCUT2D eigenvalue weighted by atomic mass is 10.0. The smallest absolute Gasteiger partial charge is 0.193 e. The normalized spacial score (nSPS) is 10.5. The molecule has 1 N–H and O–H groups in total. The summed E-state index contributed by atoms with van der Waals surface area (Å²) in [5.74, 6) is 4.21. The van der Waals surface area contributed by atoms with Crippen LogP contribution >= 0.6 is 0 Å². The number of hydrogen-bond donors (Lipinski definition) is 1. The second-order valence-electron chi connectivity index (χ2n) is 10.2. The van der Waals surface area contributed by atoms with Crippen LogP contribution in [0.1, 0.15) is 31.8 Å². The van der Waals surface area contributed by atoms with E-state index < -0.39 is 0 Å². The van der Waals surface area contributed by atoms with Crippen molar-refractivity contribution in [3.63, 3.8) is 0 Å². The SMILES string of the molecule is COc1ccc(C(=O)c2ccc(Oc3ccc(Oc4ccc(C(=O)c5ccc(Oc6ccc(O)cc6)cc5)cc4)cc3)cc2)cc1. The van der Waals surface area contributed by atoms with Crippen LogP contribution in [0.5, 0.6) is 46.0 Å². The Labute approximate surface area is 265 Å². The third-order valence-electron chi connectivity index (χ3n) is 7.07. The van der Waals surface area contributed by atoms with Gasteiger partial charge in [0.05, 0.1) is 7.11 Å². The van der Waals surface area contributed by atoms with Gasteiger partial charge in [-0.25, -0.2) is 0 Å². The molecular formula is C39H28O7. The highest BCUT2D eigenvalue weighted by Crippen LogP contribution is 2.29. The van der Waals surface area contributed by atoms with Crippen molar-refractivity contribution in [1.82, 2.24) is 0 Å². The van der Waals surface area contributed by atoms with Crippen molar-refractivity contribution in [1.29, 1.82) is 0 Å². The van der Waals surface area contributed by atoms with Gasteiger partial charge in [0.25, 0.3) is 0 Å². The summed E-state index contributed by atoms with van der Waals surface area (Å²) in [7, 11) is 1.58. The van der Waals surface area contributed by atoms with E-state index in [1.165, 1.54) is 0 Å². The average Bonchev–Trinajstić information content (AvgIpc) is 3.10. The molecule has 6 aromatic rings. The Kier molecular flexibility index (Phi) is 8.74. The molecule has 0 amide bonds. The molecule has 0 spiro atoms. The van der Waals surface area contributed by atoms with Crippen molar-refractivity contribution in [3.05, 3.63) is 168 Å². The monoisotopic (exact) mass is 608 g/mol. The van der Waals surface area contributed by atoms with Crippen LogP contribution in [0.4, 0.5) is 0 Å². The number of phenols is 1. The zero-order chi connectivity index (χ0) is 31.9. The molecule has 7 nitrogen and oxygen atoms in total. The maximum absolute atomic E-state index is 13.0. The topological polar surface area (TPSA) is 91.3 Å². The summed E-state index contributed by atoms with van der Waals surface area (Å²) in [5.41, 5.74) is 2.19. The highest BCUT2D eigenvalue weighted by molar-refractivity contribution is 6.09. The lowest BCUT2D eigenvalue weighted by Gasteiger charge is -2.10. The first kappa shape index (κ1) is 29.7. The molecular weight excluding hydrogens is 580 g/mol. The second kappa shape index (κ2) is 13.5. The molecule has 0 heterocycles. The molecule has 0 aromatic heterocycles. The number of aromatic hydroxyl groups is 1. The molecule has 0 saturated carbocycles. The van der Waals surface area contributed by atoms with Crippen molar-refractivity contribution in [2.75, 3.05) is 7.11 Å². The molecule has 0 bridgehead atoms. The van der Waals surface area contributed by atoms with Gasteiger partial charge in [0.2, 0.25) is 0 Å². The van der Waals surface area contributed by atoms with Crippen LogP contribution in [0.2, 0.25) is 0 Å². The summed E-state index contributed by atoms with van der Waals surface area (Å²) < 4.78 is 22.8. The zero-order valence-corrected chi connectivity index (χ0v) is 24.8. The molecule has 0 radical (unpaired) electrons. The van der Waals surface area contributed by atoms with Crippen LogP contribution in [0.25, 0.3) is 0 Å². The van der Waals surface area contributed by atoms with Crippen molar-refractivity contribution < 1.29 is 33.6 Å². The van der Waals surface area contributed by atoms with Gasteiger partial charge in [-0.05, 0) is 146 Å². The zero-order valence-electron chi connectivity index (χ0n) is 24.8. The van der Waals surface area contributed by atoms with Crippen LogP contribution in [-0.4, -0.2) is 23.8 Å². The van der Waals surface area contributed by atoms with E-state index in [9.17, 15) is 14.7 Å². The van der Waals surface area contributed by atoms with Gasteiger partial charge in [-0.2, -0.15) is 0 Å². The van der Waals surface area contributed by atoms with E-state index in [0.717, 1.165) is 0 Å². The lowest BCUT2D eigenvalue weighted by Crippen LogP contribution is -2.01. The standard InChI is InChI=1S/C39H28O7/c1-43-31-12-2-26(3-13-31)38(41)27-6-16-33(17-7-27)45-36-22-24-37(25-23-36)46-34-18-8-29(9-19-34)39(42)28-4-14-32(15-5-28)44-35-20-10-30(40)11-21-35/h2-25,40H,1H3. The van der Waals surface area contributed by atoms with E-state index in [2.05, 4.69) is 0 Å². The minimum atomic E-state index is -0.123. The maximum Gasteiger partial charge on any atom is 0.193 e. The Hall–Kier alpha value is -6.34. The minimum Gasteiger partial charge on any atom is -0.508 e. The Morgan fingerprint density at radius 3 is 0.848 bits per heavy atom. The first-order chi connectivity index (χ1) is 22.4. The molecule has 0 aliphatic rings. The molecule has 6 rings (SSSR count). The summed E-state index contributed by atoms with van der Waals surface area (Å²) >= 11 is 0. The van der Waals surface area contributed by atoms with E-state index in [0.29, 0.717) is 62.5 Å². The van der Waals surface area contributed by atoms with E-state index in [-0.39, 0.29) is 17.3 Å². The summed E-state index contributed by atoms with van der Waals surface area (Å²) in [6, 6.07) is 41.3. The number of rotatable bonds is 11. The number of hydrogen-bond acceptors (Lipinski definition) is 7. The van der Waals surface area contributed by atoms with Crippen LogP contribution < -0.4 is 18.9 Å². The van der Waals surface area contributed by atoms with Gasteiger partial charge in [0.15, 0.2) is 11.6 Å². The number of carbonyl (C=O) groups is 2. The van der Waals surface area contributed by atoms with Crippen molar-refractivity contribution in [2.45, 2.75) is 0 Å². The number of methoxy groups -OCH3 is 1. The van der Waals surface area contributed by atoms with Crippen LogP contribution in [-0.2, 0) is 0 Å². The average molecular weight is 609 g/mol. The number of benzene rings is 6. The minimum absolute atomic E-state index is 0.0833. The summed E-state index contributed by atoms with van der Waals surface area (Å²) in [4.78, 5) is 25.8. The Bertz CT molecular complexity index is 1930. The van der Waals surface area contributed by atoms with Gasteiger partial charge < -0.3 is 24.1 Å². The molecule has 0 unspecified atom stereocenters. The van der Waals surface area contributed by atoms with Gasteiger partial charge in [0.1, 0.15) is 46.0 Å². The number of phenolic OH excluding ortho intramolecular Hbond substituents is 1. The first-order valence-corrected chi connectivity index (χ1v) is 14.4. The van der Waals surface area contributed by atoms with Gasteiger partial charge in [0, 0.05) is 22.3 Å². The van der Waals surface area contributed by atoms with Crippen LogP contribution in [0.3, 0.4) is 0 Å². The largest absolute Gasteiger partial charge is 0.508 e. The third kappa shape index (κ3) is 7.23. The quantitative estimate of drug-likeness (QED) is 0.147. The summed E-state index contributed by atoms with van der Waals surface area (Å²) in [5, 5.41) is 9.41. The highest BCUT2D eigenvalue weighted by Gasteiger charge is 2.12. The fraction of sp³-hybridized carbons (Fsp3) is 0.0256. The fourth-order valence-corrected chi connectivity index (χ4v) is 4.60. The van der Waals surface area contributed by atoms with E-state index in [1.807, 2.05) is 0 Å². The second-order valence-corrected chi connectivity index (χ2v) is 10.2. The summed E-state index contributed by atoms with van der Waals surface area (Å²) in [6.07, 6.45) is 0. The first-order valence-electron chi connectivity index (χ1n) is 14.4. The van der Waals surface area contributed by atoms with E-state index in [1.54, 1.807) is 153 Å². The number of ether oxygens (including phenoxy) is 4. The molecule has 226 valence electrons. The number of carbonyl (C=O) groups excluding carboxylic acids is 2. The predicted octanol–water partition coefficient (Wildman–Crippen LogP) is 9.24. The molecule has 7 heteroatoms. The predicted molar refractivity (Wildman–Crippen MR) is 174 cm³/mol. The van der Waals surface area contributed by atoms with Gasteiger partial charge >= 0.3 is 0 Å². The van der Waals surface area contributed by atoms with Crippen molar-refractivity contribution in [2.24, 2.45) is 0 Å². The van der Waals surface area contributed by atoms with Crippen molar-refractivity contribution in [3.8, 4) is 46.0 Å². The molecule has 0 atom stereocenters. The molecule has 0 fully saturated rings. The van der Waals surface area contributed by atoms with Gasteiger partial charge in [-0.1, -0.05) is 0 Å². The highest BCUT2D eigenvalue weighted by atomic mass is 16.5. The van der Waals surface area contributed by atoms with E-state index >= 15 is 0 Å². The Balaban J connectivity index is 1.02. The maximum atomic E-state index is 13.0.